The number of aliphatic hydroxyl groups is 1. The van der Waals surface area contributed by atoms with Crippen LogP contribution < -0.4 is 0 Å². The summed E-state index contributed by atoms with van der Waals surface area (Å²) in [6, 6.07) is 0. The lowest BCUT2D eigenvalue weighted by molar-refractivity contribution is -0.716. The number of hydrogen-bond acceptors (Lipinski definition) is 7. The third-order valence-corrected chi connectivity index (χ3v) is 2.41. The van der Waals surface area contributed by atoms with Gasteiger partial charge in [0.2, 0.25) is 5.28 Å². The summed E-state index contributed by atoms with van der Waals surface area (Å²) in [6.07, 6.45) is -1.12. The first kappa shape index (κ1) is 15.3. The van der Waals surface area contributed by atoms with E-state index in [4.69, 9.17) is 4.84 Å². The van der Waals surface area contributed by atoms with E-state index in [1.165, 1.54) is 11.9 Å². The minimum absolute atomic E-state index is 0.183. The van der Waals surface area contributed by atoms with Gasteiger partial charge in [0.05, 0.1) is 24.2 Å². The molecule has 0 saturated carbocycles. The summed E-state index contributed by atoms with van der Waals surface area (Å²) in [7, 11) is 0. The summed E-state index contributed by atoms with van der Waals surface area (Å²) in [6.45, 7) is 3.91. The quantitative estimate of drug-likeness (QED) is 0.260. The van der Waals surface area contributed by atoms with Crippen LogP contribution in [0.25, 0.3) is 0 Å². The average molecular weight is 277 g/mol. The molecule has 1 N–H and O–H groups in total. The topological polar surface area (TPSA) is 107 Å². The van der Waals surface area contributed by atoms with Crippen molar-refractivity contribution < 1.29 is 29.2 Å². The fourth-order valence-corrected chi connectivity index (χ4v) is 1.56. The number of hydrogen-bond donors (Lipinski definition) is 1. The van der Waals surface area contributed by atoms with E-state index in [1.54, 1.807) is 6.92 Å². The number of rotatable bonds is 5. The third-order valence-electron chi connectivity index (χ3n) is 2.41. The number of carbonyl (C=O) groups excluding carboxylic acids is 1. The van der Waals surface area contributed by atoms with Crippen molar-refractivity contribution in [3.05, 3.63) is 5.21 Å². The van der Waals surface area contributed by atoms with Crippen LogP contribution in [0.4, 0.5) is 4.79 Å². The highest BCUT2D eigenvalue weighted by Crippen LogP contribution is 2.10. The van der Waals surface area contributed by atoms with E-state index in [1.807, 2.05) is 0 Å². The van der Waals surface area contributed by atoms with Gasteiger partial charge in [0, 0.05) is 6.92 Å². The number of nitrogens with zero attached hydrogens (tertiary/aromatic N) is 3. The first-order valence-electron chi connectivity index (χ1n) is 6.13. The summed E-state index contributed by atoms with van der Waals surface area (Å²) < 4.78 is 9.17. The minimum atomic E-state index is -1.04. The molecule has 1 aliphatic rings. The van der Waals surface area contributed by atoms with Gasteiger partial charge in [-0.05, 0) is 19.8 Å². The summed E-state index contributed by atoms with van der Waals surface area (Å²) in [5, 5.41) is 25.5. The average Bonchev–Trinajstić information content (AvgIpc) is 2.36. The van der Waals surface area contributed by atoms with Crippen LogP contribution in [-0.4, -0.2) is 53.3 Å². The second-order valence-electron chi connectivity index (χ2n) is 4.02. The maximum atomic E-state index is 11.5. The van der Waals surface area contributed by atoms with Crippen molar-refractivity contribution in [2.45, 2.75) is 39.1 Å². The lowest BCUT2D eigenvalue weighted by Gasteiger charge is -2.25. The third kappa shape index (κ3) is 5.60. The summed E-state index contributed by atoms with van der Waals surface area (Å²) in [5.74, 6) is 0. The zero-order chi connectivity index (χ0) is 14.3. The number of carbonyl (C=O) groups is 1. The Hall–Kier alpha value is -1.77. The van der Waals surface area contributed by atoms with Crippen LogP contribution in [-0.2, 0) is 14.3 Å². The second kappa shape index (κ2) is 7.62. The largest absolute Gasteiger partial charge is 0.569 e. The van der Waals surface area contributed by atoms with Gasteiger partial charge in [-0.1, -0.05) is 0 Å². The van der Waals surface area contributed by atoms with Crippen LogP contribution >= 0.6 is 0 Å². The summed E-state index contributed by atoms with van der Waals surface area (Å²) in [4.78, 5) is 15.9. The number of β-amino-alcohol motifs (C(OH)–C–C–N with tert-alkyl or cyclic N) is 1. The van der Waals surface area contributed by atoms with Crippen molar-refractivity contribution in [2.75, 3.05) is 19.7 Å². The molecule has 1 heterocycles. The molecule has 0 aromatic rings. The van der Waals surface area contributed by atoms with E-state index in [-0.39, 0.29) is 18.1 Å². The van der Waals surface area contributed by atoms with Crippen LogP contribution in [0.5, 0.6) is 0 Å². The van der Waals surface area contributed by atoms with Crippen LogP contribution in [0.15, 0.2) is 5.28 Å². The molecule has 1 rings (SSSR count). The van der Waals surface area contributed by atoms with E-state index in [2.05, 4.69) is 14.8 Å². The van der Waals surface area contributed by atoms with E-state index >= 15 is 0 Å². The smallest absolute Gasteiger partial charge is 0.511 e. The molecule has 9 heteroatoms. The Morgan fingerprint density at radius 2 is 2.42 bits per heavy atom. The zero-order valence-electron chi connectivity index (χ0n) is 11.0. The molecule has 0 spiro atoms. The van der Waals surface area contributed by atoms with Crippen molar-refractivity contribution in [2.24, 2.45) is 5.28 Å². The van der Waals surface area contributed by atoms with Crippen molar-refractivity contribution in [1.29, 1.82) is 0 Å². The van der Waals surface area contributed by atoms with Gasteiger partial charge in [0.15, 0.2) is 0 Å². The predicted octanol–water partition coefficient (Wildman–Crippen LogP) is 0.771. The molecule has 0 amide bonds. The molecule has 1 aliphatic heterocycles. The number of piperidine rings is 1. The van der Waals surface area contributed by atoms with Crippen molar-refractivity contribution in [3.8, 4) is 0 Å². The lowest BCUT2D eigenvalue weighted by atomic mass is 10.1. The lowest BCUT2D eigenvalue weighted by Crippen LogP contribution is -2.42. The van der Waals surface area contributed by atoms with Crippen LogP contribution in [0, 0.1) is 5.21 Å². The molecule has 110 valence electrons. The Kier molecular flexibility index (Phi) is 6.13. The molecule has 0 aliphatic carbocycles. The predicted molar refractivity (Wildman–Crippen MR) is 61.5 cm³/mol. The Morgan fingerprint density at radius 1 is 1.68 bits per heavy atom. The van der Waals surface area contributed by atoms with E-state index < -0.39 is 18.5 Å². The van der Waals surface area contributed by atoms with Gasteiger partial charge in [-0.15, -0.1) is 5.01 Å². The maximum absolute atomic E-state index is 11.5. The standard InChI is InChI=1S/C10H19N3O6/c1-3-17-10(15)18-8(2)19-11-13(16)12-6-4-5-9(14)7-12/h8-9,14H,3-7H2,1-2H3. The number of aliphatic hydroxyl groups excluding tert-OH is 1. The first-order chi connectivity index (χ1) is 9.02. The monoisotopic (exact) mass is 277 g/mol. The first-order valence-corrected chi connectivity index (χ1v) is 6.13. The van der Waals surface area contributed by atoms with Gasteiger partial charge in [0.1, 0.15) is 6.54 Å². The molecule has 1 fully saturated rings. The summed E-state index contributed by atoms with van der Waals surface area (Å²) in [5.41, 5.74) is 0. The molecule has 19 heavy (non-hydrogen) atoms. The van der Waals surface area contributed by atoms with Gasteiger partial charge in [-0.2, -0.15) is 0 Å². The molecule has 0 radical (unpaired) electrons. The highest BCUT2D eigenvalue weighted by molar-refractivity contribution is 5.59. The minimum Gasteiger partial charge on any atom is -0.569 e. The van der Waals surface area contributed by atoms with Crippen LogP contribution in [0.1, 0.15) is 26.7 Å². The molecule has 2 unspecified atom stereocenters. The highest BCUT2D eigenvalue weighted by atomic mass is 16.8. The Bertz CT molecular complexity index is 324. The van der Waals surface area contributed by atoms with Gasteiger partial charge in [0.25, 0.3) is 6.29 Å². The number of hydrazine groups is 1. The second-order valence-corrected chi connectivity index (χ2v) is 4.02. The molecule has 2 atom stereocenters. The van der Waals surface area contributed by atoms with Gasteiger partial charge in [-0.25, -0.2) is 4.79 Å². The van der Waals surface area contributed by atoms with Crippen molar-refractivity contribution in [3.63, 3.8) is 0 Å². The van der Waals surface area contributed by atoms with E-state index in [0.29, 0.717) is 19.4 Å². The van der Waals surface area contributed by atoms with Crippen molar-refractivity contribution in [1.82, 2.24) is 5.01 Å². The van der Waals surface area contributed by atoms with Gasteiger partial charge in [-0.3, -0.25) is 4.84 Å². The zero-order valence-corrected chi connectivity index (χ0v) is 11.0. The van der Waals surface area contributed by atoms with E-state index in [9.17, 15) is 15.1 Å². The van der Waals surface area contributed by atoms with Crippen LogP contribution in [0.3, 0.4) is 0 Å². The molecule has 1 saturated heterocycles. The molecule has 9 nitrogen and oxygen atoms in total. The Labute approximate surface area is 110 Å². The molecule has 0 bridgehead atoms. The number of ether oxygens (including phenoxy) is 2. The highest BCUT2D eigenvalue weighted by Gasteiger charge is 2.23. The van der Waals surface area contributed by atoms with Crippen molar-refractivity contribution >= 4 is 6.16 Å². The van der Waals surface area contributed by atoms with Gasteiger partial charge < -0.3 is 19.8 Å². The summed E-state index contributed by atoms with van der Waals surface area (Å²) >= 11 is 0. The van der Waals surface area contributed by atoms with Crippen LogP contribution in [0.2, 0.25) is 0 Å². The molecule has 0 aromatic carbocycles. The normalized spacial score (nSPS) is 21.7. The molecule has 0 aromatic heterocycles. The maximum Gasteiger partial charge on any atom is 0.511 e. The SMILES string of the molecule is CCOC(=O)OC(C)ON=[N+]([O-])N1CCCC(O)C1. The molecular weight excluding hydrogens is 258 g/mol. The Morgan fingerprint density at radius 3 is 3.05 bits per heavy atom. The van der Waals surface area contributed by atoms with E-state index in [0.717, 1.165) is 0 Å². The van der Waals surface area contributed by atoms with Gasteiger partial charge >= 0.3 is 6.16 Å². The fraction of sp³-hybridized carbons (Fsp3) is 0.900. The fourth-order valence-electron chi connectivity index (χ4n) is 1.56. The molecular formula is C10H19N3O6. The Balaban J connectivity index is 2.35.